The van der Waals surface area contributed by atoms with Crippen molar-refractivity contribution in [3.05, 3.63) is 23.8 Å². The number of fused-ring (bicyclic) bond motifs is 1. The van der Waals surface area contributed by atoms with E-state index in [1.165, 1.54) is 31.6 Å². The molecule has 3 rings (SSSR count). The maximum atomic E-state index is 10.5. The van der Waals surface area contributed by atoms with Crippen molar-refractivity contribution in [2.45, 2.75) is 38.7 Å². The minimum absolute atomic E-state index is 0.393. The predicted molar refractivity (Wildman–Crippen MR) is 89.7 cm³/mol. The molecule has 1 fully saturated rings. The fourth-order valence-electron chi connectivity index (χ4n) is 3.48. The molecule has 4 heteroatoms. The summed E-state index contributed by atoms with van der Waals surface area (Å²) < 4.78 is 5.81. The van der Waals surface area contributed by atoms with Gasteiger partial charge in [0.1, 0.15) is 12.4 Å². The topological polar surface area (TPSA) is 35.9 Å². The summed E-state index contributed by atoms with van der Waals surface area (Å²) in [5, 5.41) is 10.5. The Bertz CT molecular complexity index is 486. The van der Waals surface area contributed by atoms with Gasteiger partial charge in [0.2, 0.25) is 0 Å². The molecule has 4 nitrogen and oxygen atoms in total. The summed E-state index contributed by atoms with van der Waals surface area (Å²) in [6, 6.07) is 6.20. The number of benzene rings is 1. The van der Waals surface area contributed by atoms with E-state index in [1.807, 2.05) is 6.07 Å². The molecule has 22 heavy (non-hydrogen) atoms. The molecule has 0 aliphatic carbocycles. The summed E-state index contributed by atoms with van der Waals surface area (Å²) in [4.78, 5) is 4.82. The van der Waals surface area contributed by atoms with Crippen LogP contribution in [0.4, 0.5) is 5.69 Å². The molecule has 0 radical (unpaired) electrons. The maximum Gasteiger partial charge on any atom is 0.143 e. The van der Waals surface area contributed by atoms with E-state index in [9.17, 15) is 5.11 Å². The van der Waals surface area contributed by atoms with Gasteiger partial charge in [-0.2, -0.15) is 0 Å². The first-order valence-corrected chi connectivity index (χ1v) is 8.70. The number of aliphatic hydroxyl groups is 1. The van der Waals surface area contributed by atoms with E-state index in [0.717, 1.165) is 50.4 Å². The number of aliphatic hydroxyl groups excluding tert-OH is 1. The molecular weight excluding hydrogens is 276 g/mol. The van der Waals surface area contributed by atoms with Crippen LogP contribution in [0.1, 0.15) is 44.3 Å². The Morgan fingerprint density at radius 2 is 2.00 bits per heavy atom. The van der Waals surface area contributed by atoms with E-state index in [-0.39, 0.29) is 0 Å². The Morgan fingerprint density at radius 3 is 2.77 bits per heavy atom. The van der Waals surface area contributed by atoms with Gasteiger partial charge in [0.25, 0.3) is 0 Å². The van der Waals surface area contributed by atoms with Crippen molar-refractivity contribution in [1.29, 1.82) is 0 Å². The van der Waals surface area contributed by atoms with Crippen LogP contribution in [0.15, 0.2) is 18.2 Å². The summed E-state index contributed by atoms with van der Waals surface area (Å²) in [6.45, 7) is 8.32. The minimum Gasteiger partial charge on any atom is -0.490 e. The first-order valence-electron chi connectivity index (χ1n) is 8.70. The van der Waals surface area contributed by atoms with E-state index < -0.39 is 6.10 Å². The lowest BCUT2D eigenvalue weighted by Crippen LogP contribution is -2.33. The number of hydrogen-bond acceptors (Lipinski definition) is 4. The zero-order valence-electron chi connectivity index (χ0n) is 13.6. The Labute approximate surface area is 133 Å². The molecular formula is C18H28N2O2. The summed E-state index contributed by atoms with van der Waals surface area (Å²) in [6.07, 6.45) is 4.15. The molecule has 2 aliphatic heterocycles. The Kier molecular flexibility index (Phi) is 5.21. The van der Waals surface area contributed by atoms with E-state index in [1.54, 1.807) is 0 Å². The molecule has 1 atom stereocenters. The van der Waals surface area contributed by atoms with E-state index in [4.69, 9.17) is 4.74 Å². The second kappa shape index (κ2) is 7.34. The average Bonchev–Trinajstić information content (AvgIpc) is 3.06. The van der Waals surface area contributed by atoms with Gasteiger partial charge in [0, 0.05) is 13.1 Å². The fraction of sp³-hybridized carbons (Fsp3) is 0.667. The van der Waals surface area contributed by atoms with E-state index in [2.05, 4.69) is 28.9 Å². The lowest BCUT2D eigenvalue weighted by Gasteiger charge is -2.31. The number of ether oxygens (including phenoxy) is 1. The summed E-state index contributed by atoms with van der Waals surface area (Å²) >= 11 is 0. The monoisotopic (exact) mass is 304 g/mol. The molecule has 0 saturated carbocycles. The van der Waals surface area contributed by atoms with Crippen LogP contribution in [0.2, 0.25) is 0 Å². The lowest BCUT2D eigenvalue weighted by molar-refractivity contribution is 0.148. The predicted octanol–water partition coefficient (Wildman–Crippen LogP) is 2.81. The summed E-state index contributed by atoms with van der Waals surface area (Å²) in [5.74, 6) is 0.928. The molecule has 1 aromatic rings. The lowest BCUT2D eigenvalue weighted by atomic mass is 10.0. The van der Waals surface area contributed by atoms with Crippen molar-refractivity contribution in [2.24, 2.45) is 0 Å². The molecule has 1 unspecified atom stereocenters. The van der Waals surface area contributed by atoms with Crippen LogP contribution in [0.5, 0.6) is 5.75 Å². The van der Waals surface area contributed by atoms with Gasteiger partial charge in [-0.15, -0.1) is 0 Å². The smallest absolute Gasteiger partial charge is 0.143 e. The zero-order valence-corrected chi connectivity index (χ0v) is 13.6. The minimum atomic E-state index is -0.393. The quantitative estimate of drug-likeness (QED) is 0.877. The SMILES string of the molecule is CCCN1CCOc2cc(C(O)CCN3CCCC3)ccc21. The average molecular weight is 304 g/mol. The number of likely N-dealkylation sites (tertiary alicyclic amines) is 1. The van der Waals surface area contributed by atoms with Gasteiger partial charge in [-0.1, -0.05) is 13.0 Å². The second-order valence-corrected chi connectivity index (χ2v) is 6.42. The first kappa shape index (κ1) is 15.6. The van der Waals surface area contributed by atoms with Crippen molar-refractivity contribution < 1.29 is 9.84 Å². The largest absolute Gasteiger partial charge is 0.490 e. The molecule has 0 amide bonds. The number of anilines is 1. The molecule has 0 aromatic heterocycles. The number of nitrogens with zero attached hydrogens (tertiary/aromatic N) is 2. The van der Waals surface area contributed by atoms with Crippen LogP contribution >= 0.6 is 0 Å². The molecule has 1 aromatic carbocycles. The Morgan fingerprint density at radius 1 is 1.18 bits per heavy atom. The Hall–Kier alpha value is -1.26. The standard InChI is InChI=1S/C18H28N2O2/c1-2-8-20-12-13-22-18-14-15(5-6-16(18)20)17(21)7-11-19-9-3-4-10-19/h5-6,14,17,21H,2-4,7-13H2,1H3. The molecule has 2 heterocycles. The van der Waals surface area contributed by atoms with Gasteiger partial charge < -0.3 is 19.6 Å². The summed E-state index contributed by atoms with van der Waals surface area (Å²) in [7, 11) is 0. The van der Waals surface area contributed by atoms with Gasteiger partial charge >= 0.3 is 0 Å². The molecule has 122 valence electrons. The van der Waals surface area contributed by atoms with Crippen LogP contribution in [0, 0.1) is 0 Å². The van der Waals surface area contributed by atoms with Gasteiger partial charge in [-0.25, -0.2) is 0 Å². The number of hydrogen-bond donors (Lipinski definition) is 1. The molecule has 1 N–H and O–H groups in total. The molecule has 1 saturated heterocycles. The van der Waals surface area contributed by atoms with Crippen molar-refractivity contribution in [2.75, 3.05) is 44.2 Å². The van der Waals surface area contributed by atoms with Gasteiger partial charge in [-0.05, 0) is 56.5 Å². The van der Waals surface area contributed by atoms with Crippen LogP contribution in [-0.2, 0) is 0 Å². The molecule has 2 aliphatic rings. The van der Waals surface area contributed by atoms with Crippen molar-refractivity contribution >= 4 is 5.69 Å². The van der Waals surface area contributed by atoms with Gasteiger partial charge in [0.05, 0.1) is 18.3 Å². The highest BCUT2D eigenvalue weighted by atomic mass is 16.5. The second-order valence-electron chi connectivity index (χ2n) is 6.42. The highest BCUT2D eigenvalue weighted by Gasteiger charge is 2.20. The number of rotatable bonds is 6. The fourth-order valence-corrected chi connectivity index (χ4v) is 3.48. The molecule has 0 bridgehead atoms. The highest BCUT2D eigenvalue weighted by molar-refractivity contribution is 5.61. The first-order chi connectivity index (χ1) is 10.8. The van der Waals surface area contributed by atoms with Crippen molar-refractivity contribution in [3.63, 3.8) is 0 Å². The highest BCUT2D eigenvalue weighted by Crippen LogP contribution is 2.34. The van der Waals surface area contributed by atoms with Crippen LogP contribution < -0.4 is 9.64 Å². The third-order valence-electron chi connectivity index (χ3n) is 4.74. The van der Waals surface area contributed by atoms with Gasteiger partial charge in [0.15, 0.2) is 0 Å². The van der Waals surface area contributed by atoms with Crippen LogP contribution in [-0.4, -0.2) is 49.3 Å². The van der Waals surface area contributed by atoms with E-state index >= 15 is 0 Å². The third kappa shape index (κ3) is 3.55. The van der Waals surface area contributed by atoms with Gasteiger partial charge in [-0.3, -0.25) is 0 Å². The van der Waals surface area contributed by atoms with Crippen molar-refractivity contribution in [3.8, 4) is 5.75 Å². The Balaban J connectivity index is 1.64. The maximum absolute atomic E-state index is 10.5. The van der Waals surface area contributed by atoms with Crippen LogP contribution in [0.25, 0.3) is 0 Å². The van der Waals surface area contributed by atoms with Crippen molar-refractivity contribution in [1.82, 2.24) is 4.90 Å². The molecule has 0 spiro atoms. The summed E-state index contributed by atoms with van der Waals surface area (Å²) in [5.41, 5.74) is 2.15. The van der Waals surface area contributed by atoms with Crippen LogP contribution in [0.3, 0.4) is 0 Å². The third-order valence-corrected chi connectivity index (χ3v) is 4.74. The van der Waals surface area contributed by atoms with E-state index in [0.29, 0.717) is 0 Å². The normalized spacial score (nSPS) is 19.8. The zero-order chi connectivity index (χ0) is 15.4.